The van der Waals surface area contributed by atoms with Crippen molar-refractivity contribution in [3.05, 3.63) is 52.3 Å². The number of benzene rings is 1. The Kier molecular flexibility index (Phi) is 3.94. The van der Waals surface area contributed by atoms with Crippen molar-refractivity contribution in [3.8, 4) is 5.75 Å². The normalized spacial score (nSPS) is 16.8. The van der Waals surface area contributed by atoms with Crippen molar-refractivity contribution in [3.63, 3.8) is 0 Å². The number of aromatic nitrogens is 1. The fourth-order valence-electron chi connectivity index (χ4n) is 3.27. The van der Waals surface area contributed by atoms with Crippen LogP contribution >= 0.6 is 0 Å². The third-order valence-corrected chi connectivity index (χ3v) is 4.44. The minimum absolute atomic E-state index is 0.0583. The maximum atomic E-state index is 12.6. The monoisotopic (exact) mass is 313 g/mol. The van der Waals surface area contributed by atoms with E-state index in [2.05, 4.69) is 4.98 Å². The Bertz CT molecular complexity index is 775. The van der Waals surface area contributed by atoms with Crippen LogP contribution in [0.25, 0.3) is 0 Å². The molecular weight excluding hydrogens is 294 g/mol. The highest BCUT2D eigenvalue weighted by molar-refractivity contribution is 6.03. The number of nitrogens with one attached hydrogen (secondary N) is 1. The van der Waals surface area contributed by atoms with Gasteiger partial charge in [0.1, 0.15) is 11.4 Å². The standard InChI is InChI=1S/C18H19NO4/c1-10-16-14(19-17(10)18(21)23-3)8-12(9-15(16)20)11-5-4-6-13(7-11)22-2/h4-7,12,19H,8-9H2,1-3H3/t12-/m0/s1. The van der Waals surface area contributed by atoms with E-state index in [9.17, 15) is 9.59 Å². The number of esters is 1. The molecule has 1 atom stereocenters. The summed E-state index contributed by atoms with van der Waals surface area (Å²) in [4.78, 5) is 27.5. The second-order valence-electron chi connectivity index (χ2n) is 5.78. The molecule has 0 saturated heterocycles. The lowest BCUT2D eigenvalue weighted by Gasteiger charge is -2.22. The first-order valence-corrected chi connectivity index (χ1v) is 7.52. The zero-order valence-electron chi connectivity index (χ0n) is 13.4. The van der Waals surface area contributed by atoms with Crippen LogP contribution in [0.4, 0.5) is 0 Å². The summed E-state index contributed by atoms with van der Waals surface area (Å²) < 4.78 is 10.0. The van der Waals surface area contributed by atoms with Crippen LogP contribution in [0.3, 0.4) is 0 Å². The van der Waals surface area contributed by atoms with Gasteiger partial charge in [-0.1, -0.05) is 12.1 Å². The highest BCUT2D eigenvalue weighted by atomic mass is 16.5. The summed E-state index contributed by atoms with van der Waals surface area (Å²) in [5.41, 5.74) is 3.57. The Morgan fingerprint density at radius 2 is 2.04 bits per heavy atom. The molecule has 0 bridgehead atoms. The molecule has 1 aliphatic carbocycles. The molecule has 0 radical (unpaired) electrons. The topological polar surface area (TPSA) is 68.4 Å². The fourth-order valence-corrected chi connectivity index (χ4v) is 3.27. The number of ether oxygens (including phenoxy) is 2. The second-order valence-corrected chi connectivity index (χ2v) is 5.78. The highest BCUT2D eigenvalue weighted by Crippen LogP contribution is 2.36. The van der Waals surface area contributed by atoms with Crippen LogP contribution in [0, 0.1) is 6.92 Å². The first-order chi connectivity index (χ1) is 11.0. The molecule has 2 aromatic rings. The number of carbonyl (C=O) groups is 2. The van der Waals surface area contributed by atoms with Crippen molar-refractivity contribution in [1.82, 2.24) is 4.98 Å². The predicted molar refractivity (Wildman–Crippen MR) is 85.3 cm³/mol. The average Bonchev–Trinajstić information content (AvgIpc) is 2.91. The molecule has 5 nitrogen and oxygen atoms in total. The van der Waals surface area contributed by atoms with E-state index in [1.165, 1.54) is 7.11 Å². The first-order valence-electron chi connectivity index (χ1n) is 7.52. The number of methoxy groups -OCH3 is 2. The van der Waals surface area contributed by atoms with Crippen molar-refractivity contribution >= 4 is 11.8 Å². The van der Waals surface area contributed by atoms with E-state index in [0.29, 0.717) is 29.7 Å². The number of fused-ring (bicyclic) bond motifs is 1. The van der Waals surface area contributed by atoms with Crippen LogP contribution in [-0.2, 0) is 11.2 Å². The molecule has 0 aliphatic heterocycles. The largest absolute Gasteiger partial charge is 0.497 e. The molecule has 5 heteroatoms. The van der Waals surface area contributed by atoms with Gasteiger partial charge in [-0.15, -0.1) is 0 Å². The van der Waals surface area contributed by atoms with E-state index in [1.807, 2.05) is 24.3 Å². The average molecular weight is 313 g/mol. The number of aromatic amines is 1. The highest BCUT2D eigenvalue weighted by Gasteiger charge is 2.32. The molecule has 0 fully saturated rings. The maximum absolute atomic E-state index is 12.6. The van der Waals surface area contributed by atoms with E-state index in [4.69, 9.17) is 9.47 Å². The Morgan fingerprint density at radius 3 is 2.74 bits per heavy atom. The molecule has 0 amide bonds. The molecule has 1 N–H and O–H groups in total. The van der Waals surface area contributed by atoms with E-state index >= 15 is 0 Å². The number of ketones is 1. The number of Topliss-reactive ketones (excluding diaryl/α,β-unsaturated/α-hetero) is 1. The van der Waals surface area contributed by atoms with Gasteiger partial charge in [0.15, 0.2) is 5.78 Å². The summed E-state index contributed by atoms with van der Waals surface area (Å²) in [6.07, 6.45) is 1.12. The summed E-state index contributed by atoms with van der Waals surface area (Å²) >= 11 is 0. The smallest absolute Gasteiger partial charge is 0.354 e. The molecule has 23 heavy (non-hydrogen) atoms. The van der Waals surface area contributed by atoms with Crippen LogP contribution in [0.5, 0.6) is 5.75 Å². The van der Waals surface area contributed by atoms with Crippen molar-refractivity contribution in [2.75, 3.05) is 14.2 Å². The molecule has 120 valence electrons. The summed E-state index contributed by atoms with van der Waals surface area (Å²) in [6, 6.07) is 7.77. The molecular formula is C18H19NO4. The van der Waals surface area contributed by atoms with Gasteiger partial charge in [-0.25, -0.2) is 4.79 Å². The molecule has 0 saturated carbocycles. The third-order valence-electron chi connectivity index (χ3n) is 4.44. The first kappa shape index (κ1) is 15.3. The van der Waals surface area contributed by atoms with Gasteiger partial charge in [0.2, 0.25) is 0 Å². The van der Waals surface area contributed by atoms with Crippen molar-refractivity contribution in [2.45, 2.75) is 25.7 Å². The lowest BCUT2D eigenvalue weighted by atomic mass is 9.81. The number of rotatable bonds is 3. The summed E-state index contributed by atoms with van der Waals surface area (Å²) in [7, 11) is 2.96. The van der Waals surface area contributed by atoms with Crippen LogP contribution in [0.15, 0.2) is 24.3 Å². The predicted octanol–water partition coefficient (Wildman–Crippen LogP) is 3.03. The summed E-state index contributed by atoms with van der Waals surface area (Å²) in [5.74, 6) is 0.470. The summed E-state index contributed by atoms with van der Waals surface area (Å²) in [5, 5.41) is 0. The molecule has 0 unspecified atom stereocenters. The van der Waals surface area contributed by atoms with E-state index in [-0.39, 0.29) is 11.7 Å². The van der Waals surface area contributed by atoms with E-state index in [1.54, 1.807) is 14.0 Å². The van der Waals surface area contributed by atoms with Crippen molar-refractivity contribution in [1.29, 1.82) is 0 Å². The van der Waals surface area contributed by atoms with Gasteiger partial charge in [0.25, 0.3) is 0 Å². The fraction of sp³-hybridized carbons (Fsp3) is 0.333. The number of H-pyrrole nitrogens is 1. The molecule has 0 spiro atoms. The van der Waals surface area contributed by atoms with Gasteiger partial charge < -0.3 is 14.5 Å². The van der Waals surface area contributed by atoms with E-state index < -0.39 is 5.97 Å². The molecule has 1 heterocycles. The quantitative estimate of drug-likeness (QED) is 0.884. The molecule has 3 rings (SSSR count). The number of hydrogen-bond acceptors (Lipinski definition) is 4. The zero-order valence-corrected chi connectivity index (χ0v) is 13.4. The van der Waals surface area contributed by atoms with Gasteiger partial charge in [0.05, 0.1) is 14.2 Å². The Morgan fingerprint density at radius 1 is 1.26 bits per heavy atom. The second kappa shape index (κ2) is 5.91. The number of carbonyl (C=O) groups excluding carboxylic acids is 2. The van der Waals surface area contributed by atoms with Crippen LogP contribution in [-0.4, -0.2) is 31.0 Å². The molecule has 1 aromatic heterocycles. The zero-order chi connectivity index (χ0) is 16.6. The third kappa shape index (κ3) is 2.63. The van der Waals surface area contributed by atoms with Gasteiger partial charge in [-0.3, -0.25) is 4.79 Å². The molecule has 1 aromatic carbocycles. The lowest BCUT2D eigenvalue weighted by molar-refractivity contribution is 0.0593. The SMILES string of the molecule is COC(=O)c1[nH]c2c(c1C)C(=O)C[C@@H](c1cccc(OC)c1)C2. The number of hydrogen-bond donors (Lipinski definition) is 1. The van der Waals surface area contributed by atoms with Gasteiger partial charge in [-0.05, 0) is 42.5 Å². The van der Waals surface area contributed by atoms with Crippen molar-refractivity contribution < 1.29 is 19.1 Å². The van der Waals surface area contributed by atoms with Gasteiger partial charge in [0, 0.05) is 17.7 Å². The van der Waals surface area contributed by atoms with Gasteiger partial charge in [-0.2, -0.15) is 0 Å². The molecule has 1 aliphatic rings. The van der Waals surface area contributed by atoms with Crippen LogP contribution in [0.1, 0.15) is 50.0 Å². The van der Waals surface area contributed by atoms with E-state index in [0.717, 1.165) is 17.0 Å². The minimum atomic E-state index is -0.442. The Labute approximate surface area is 134 Å². The Balaban J connectivity index is 1.97. The van der Waals surface area contributed by atoms with Crippen molar-refractivity contribution in [2.24, 2.45) is 0 Å². The minimum Gasteiger partial charge on any atom is -0.497 e. The van der Waals surface area contributed by atoms with Crippen LogP contribution in [0.2, 0.25) is 0 Å². The maximum Gasteiger partial charge on any atom is 0.354 e. The lowest BCUT2D eigenvalue weighted by Crippen LogP contribution is -2.18. The van der Waals surface area contributed by atoms with Crippen LogP contribution < -0.4 is 4.74 Å². The summed E-state index contributed by atoms with van der Waals surface area (Å²) in [6.45, 7) is 1.78. The van der Waals surface area contributed by atoms with Gasteiger partial charge >= 0.3 is 5.97 Å². The Hall–Kier alpha value is -2.56.